The van der Waals surface area contributed by atoms with Crippen molar-refractivity contribution in [3.05, 3.63) is 59.7 Å². The van der Waals surface area contributed by atoms with E-state index in [9.17, 15) is 5.11 Å². The van der Waals surface area contributed by atoms with E-state index >= 15 is 0 Å². The van der Waals surface area contributed by atoms with Gasteiger partial charge in [0.1, 0.15) is 0 Å². The van der Waals surface area contributed by atoms with Gasteiger partial charge in [-0.3, -0.25) is 4.90 Å². The van der Waals surface area contributed by atoms with Crippen molar-refractivity contribution >= 4 is 5.96 Å². The number of benzene rings is 2. The monoisotopic (exact) mass is 410 g/mol. The van der Waals surface area contributed by atoms with Crippen molar-refractivity contribution in [2.75, 3.05) is 20.2 Å². The second-order valence-electron chi connectivity index (χ2n) is 7.83. The zero-order valence-electron chi connectivity index (χ0n) is 18.3. The van der Waals surface area contributed by atoms with Gasteiger partial charge >= 0.3 is 0 Å². The van der Waals surface area contributed by atoms with Crippen molar-refractivity contribution in [3.8, 4) is 11.5 Å². The Hall–Kier alpha value is -2.73. The van der Waals surface area contributed by atoms with Gasteiger partial charge in [-0.1, -0.05) is 42.5 Å². The summed E-state index contributed by atoms with van der Waals surface area (Å²) in [7, 11) is 1.55. The van der Waals surface area contributed by atoms with Crippen LogP contribution in [0.4, 0.5) is 0 Å². The number of ether oxygens (including phenoxy) is 1. The first-order valence-corrected chi connectivity index (χ1v) is 10.8. The summed E-state index contributed by atoms with van der Waals surface area (Å²) in [5, 5.41) is 17.2. The lowest BCUT2D eigenvalue weighted by atomic mass is 9.97. The fraction of sp³-hybridized carbons (Fsp3) is 0.458. The lowest BCUT2D eigenvalue weighted by Gasteiger charge is -2.38. The number of nitrogens with one attached hydrogen (secondary N) is 2. The van der Waals surface area contributed by atoms with Crippen LogP contribution < -0.4 is 15.4 Å². The van der Waals surface area contributed by atoms with E-state index in [0.717, 1.165) is 44.0 Å². The zero-order chi connectivity index (χ0) is 21.3. The minimum atomic E-state index is 0.155. The van der Waals surface area contributed by atoms with Gasteiger partial charge in [0.2, 0.25) is 0 Å². The molecule has 2 atom stereocenters. The molecule has 3 N–H and O–H groups in total. The largest absolute Gasteiger partial charge is 0.504 e. The van der Waals surface area contributed by atoms with Crippen LogP contribution in [0.1, 0.15) is 37.8 Å². The van der Waals surface area contributed by atoms with Gasteiger partial charge in [0.15, 0.2) is 17.5 Å². The van der Waals surface area contributed by atoms with Crippen molar-refractivity contribution in [1.82, 2.24) is 15.5 Å². The molecule has 0 spiro atoms. The lowest BCUT2D eigenvalue weighted by Crippen LogP contribution is -2.51. The molecule has 1 saturated heterocycles. The van der Waals surface area contributed by atoms with Crippen molar-refractivity contribution in [3.63, 3.8) is 0 Å². The molecule has 1 aliphatic heterocycles. The molecule has 1 aliphatic rings. The van der Waals surface area contributed by atoms with Gasteiger partial charge in [-0.25, -0.2) is 4.99 Å². The maximum Gasteiger partial charge on any atom is 0.191 e. The van der Waals surface area contributed by atoms with E-state index in [1.54, 1.807) is 13.2 Å². The van der Waals surface area contributed by atoms with Crippen LogP contribution in [0.15, 0.2) is 53.5 Å². The fourth-order valence-electron chi connectivity index (χ4n) is 3.94. The average molecular weight is 411 g/mol. The molecule has 6 nitrogen and oxygen atoms in total. The van der Waals surface area contributed by atoms with Crippen LogP contribution in [0, 0.1) is 0 Å². The minimum Gasteiger partial charge on any atom is -0.504 e. The third-order valence-electron chi connectivity index (χ3n) is 5.64. The number of methoxy groups -OCH3 is 1. The molecule has 30 heavy (non-hydrogen) atoms. The van der Waals surface area contributed by atoms with E-state index in [0.29, 0.717) is 24.4 Å². The molecular weight excluding hydrogens is 376 g/mol. The first-order chi connectivity index (χ1) is 14.6. The third kappa shape index (κ3) is 5.89. The maximum atomic E-state index is 10.3. The van der Waals surface area contributed by atoms with Crippen LogP contribution in [-0.4, -0.2) is 48.2 Å². The number of hydrogen-bond acceptors (Lipinski definition) is 4. The van der Waals surface area contributed by atoms with Crippen molar-refractivity contribution in [2.45, 2.75) is 51.9 Å². The molecule has 6 heteroatoms. The molecule has 0 saturated carbocycles. The molecule has 0 aliphatic carbocycles. The molecule has 162 valence electrons. The number of likely N-dealkylation sites (tertiary alicyclic amines) is 1. The molecule has 3 rings (SSSR count). The molecule has 2 unspecified atom stereocenters. The molecule has 1 heterocycles. The number of nitrogens with zero attached hydrogens (tertiary/aromatic N) is 2. The number of aromatic hydroxyl groups is 1. The molecule has 0 aromatic heterocycles. The summed E-state index contributed by atoms with van der Waals surface area (Å²) in [6, 6.07) is 17.0. The molecule has 2 aromatic carbocycles. The van der Waals surface area contributed by atoms with E-state index in [2.05, 4.69) is 59.7 Å². The van der Waals surface area contributed by atoms with Gasteiger partial charge in [-0.05, 0) is 38.3 Å². The Bertz CT molecular complexity index is 825. The molecule has 0 radical (unpaired) electrons. The predicted octanol–water partition coefficient (Wildman–Crippen LogP) is 3.51. The fourth-order valence-corrected chi connectivity index (χ4v) is 3.94. The zero-order valence-corrected chi connectivity index (χ0v) is 18.3. The van der Waals surface area contributed by atoms with Crippen LogP contribution in [0.2, 0.25) is 0 Å². The van der Waals surface area contributed by atoms with Gasteiger partial charge in [-0.15, -0.1) is 0 Å². The van der Waals surface area contributed by atoms with Gasteiger partial charge in [0.05, 0.1) is 13.7 Å². The Kier molecular flexibility index (Phi) is 7.97. The first-order valence-electron chi connectivity index (χ1n) is 10.8. The highest BCUT2D eigenvalue weighted by molar-refractivity contribution is 5.80. The molecule has 0 bridgehead atoms. The van der Waals surface area contributed by atoms with E-state index in [1.165, 1.54) is 5.56 Å². The summed E-state index contributed by atoms with van der Waals surface area (Å²) in [6.45, 7) is 7.60. The molecule has 2 aromatic rings. The normalized spacial score (nSPS) is 20.0. The van der Waals surface area contributed by atoms with Gasteiger partial charge in [0.25, 0.3) is 0 Å². The number of para-hydroxylation sites is 1. The summed E-state index contributed by atoms with van der Waals surface area (Å²) in [5.41, 5.74) is 2.11. The van der Waals surface area contributed by atoms with Crippen molar-refractivity contribution in [2.24, 2.45) is 4.99 Å². The highest BCUT2D eigenvalue weighted by Gasteiger charge is 2.26. The highest BCUT2D eigenvalue weighted by Crippen LogP contribution is 2.29. The summed E-state index contributed by atoms with van der Waals surface area (Å²) in [5.74, 6) is 1.41. The third-order valence-corrected chi connectivity index (χ3v) is 5.64. The Morgan fingerprint density at radius 1 is 1.20 bits per heavy atom. The Balaban J connectivity index is 1.58. The van der Waals surface area contributed by atoms with Crippen LogP contribution in [0.3, 0.4) is 0 Å². The summed E-state index contributed by atoms with van der Waals surface area (Å²) in [4.78, 5) is 7.24. The number of hydrogen-bond donors (Lipinski definition) is 3. The average Bonchev–Trinajstić information content (AvgIpc) is 2.75. The summed E-state index contributed by atoms with van der Waals surface area (Å²) in [6.07, 6.45) is 2.15. The van der Waals surface area contributed by atoms with Crippen molar-refractivity contribution < 1.29 is 9.84 Å². The standard InChI is InChI=1S/C24H34N4O2/c1-4-25-24(26-16-20-11-8-12-22(30-3)23(20)29)27-21-13-14-28(18(2)15-21)17-19-9-6-5-7-10-19/h5-12,18,21,29H,4,13-17H2,1-3H3,(H2,25,26,27). The first kappa shape index (κ1) is 22.0. The highest BCUT2D eigenvalue weighted by atomic mass is 16.5. The van der Waals surface area contributed by atoms with Crippen molar-refractivity contribution in [1.29, 1.82) is 0 Å². The quantitative estimate of drug-likeness (QED) is 0.481. The lowest BCUT2D eigenvalue weighted by molar-refractivity contribution is 0.134. The maximum absolute atomic E-state index is 10.3. The van der Waals surface area contributed by atoms with Gasteiger partial charge in [-0.2, -0.15) is 0 Å². The summed E-state index contributed by atoms with van der Waals surface area (Å²) < 4.78 is 5.19. The Morgan fingerprint density at radius 2 is 2.00 bits per heavy atom. The van der Waals surface area contributed by atoms with Crippen LogP contribution >= 0.6 is 0 Å². The smallest absolute Gasteiger partial charge is 0.191 e. The predicted molar refractivity (Wildman–Crippen MR) is 122 cm³/mol. The van der Waals surface area contributed by atoms with Crippen LogP contribution in [0.5, 0.6) is 11.5 Å². The van der Waals surface area contributed by atoms with Gasteiger partial charge in [0, 0.05) is 37.3 Å². The molecular formula is C24H34N4O2. The molecule has 0 amide bonds. The van der Waals surface area contributed by atoms with Crippen LogP contribution in [-0.2, 0) is 13.1 Å². The number of phenolic OH excluding ortho intramolecular Hbond substituents is 1. The number of guanidine groups is 1. The second kappa shape index (κ2) is 10.9. The minimum absolute atomic E-state index is 0.155. The van der Waals surface area contributed by atoms with E-state index in [4.69, 9.17) is 9.73 Å². The van der Waals surface area contributed by atoms with E-state index < -0.39 is 0 Å². The van der Waals surface area contributed by atoms with Gasteiger partial charge < -0.3 is 20.5 Å². The van der Waals surface area contributed by atoms with Crippen LogP contribution in [0.25, 0.3) is 0 Å². The number of rotatable bonds is 7. The SMILES string of the molecule is CCNC(=NCc1cccc(OC)c1O)NC1CCN(Cc2ccccc2)C(C)C1. The number of aliphatic imine (C=N–C) groups is 1. The second-order valence-corrected chi connectivity index (χ2v) is 7.83. The summed E-state index contributed by atoms with van der Waals surface area (Å²) >= 11 is 0. The Morgan fingerprint density at radius 3 is 2.70 bits per heavy atom. The van der Waals surface area contributed by atoms with E-state index in [-0.39, 0.29) is 5.75 Å². The Labute approximate surface area is 180 Å². The molecule has 1 fully saturated rings. The topological polar surface area (TPSA) is 69.1 Å². The number of piperidine rings is 1. The number of phenols is 1. The van der Waals surface area contributed by atoms with E-state index in [1.807, 2.05) is 12.1 Å².